The Labute approximate surface area is 128 Å². The van der Waals surface area contributed by atoms with Crippen LogP contribution in [0.25, 0.3) is 10.2 Å². The van der Waals surface area contributed by atoms with E-state index < -0.39 is 6.36 Å². The van der Waals surface area contributed by atoms with Crippen LogP contribution < -0.4 is 15.4 Å². The number of alkyl halides is 3. The van der Waals surface area contributed by atoms with Gasteiger partial charge in [-0.3, -0.25) is 0 Å². The lowest BCUT2D eigenvalue weighted by molar-refractivity contribution is -0.274. The van der Waals surface area contributed by atoms with Crippen molar-refractivity contribution in [2.45, 2.75) is 19.7 Å². The van der Waals surface area contributed by atoms with Crippen LogP contribution in [-0.2, 0) is 0 Å². The minimum Gasteiger partial charge on any atom is -0.406 e. The summed E-state index contributed by atoms with van der Waals surface area (Å²) in [6.45, 7) is 2.75. The second kappa shape index (κ2) is 6.44. The van der Waals surface area contributed by atoms with Gasteiger partial charge in [0.1, 0.15) is 5.75 Å². The summed E-state index contributed by atoms with van der Waals surface area (Å²) in [5.41, 5.74) is 0.579. The molecule has 0 aliphatic carbocycles. The smallest absolute Gasteiger partial charge is 0.406 e. The second-order valence-electron chi connectivity index (χ2n) is 4.08. The van der Waals surface area contributed by atoms with Crippen LogP contribution in [0.15, 0.2) is 18.2 Å². The molecule has 0 spiro atoms. The minimum absolute atomic E-state index is 0.267. The van der Waals surface area contributed by atoms with E-state index in [0.29, 0.717) is 20.5 Å². The van der Waals surface area contributed by atoms with Gasteiger partial charge in [-0.25, -0.2) is 4.98 Å². The highest BCUT2D eigenvalue weighted by Gasteiger charge is 2.31. The van der Waals surface area contributed by atoms with E-state index in [1.807, 2.05) is 6.92 Å². The molecule has 2 rings (SSSR count). The Kier molecular flexibility index (Phi) is 4.84. The SMILES string of the molecule is CCCNC(=S)Nc1nc2ccc(OC(F)(F)F)cc2s1. The molecule has 0 aliphatic rings. The molecule has 0 radical (unpaired) electrons. The Morgan fingerprint density at radius 2 is 2.19 bits per heavy atom. The number of nitrogens with one attached hydrogen (secondary N) is 2. The second-order valence-corrected chi connectivity index (χ2v) is 5.52. The number of thiazole rings is 1. The summed E-state index contributed by atoms with van der Waals surface area (Å²) in [6.07, 6.45) is -3.77. The average molecular weight is 335 g/mol. The van der Waals surface area contributed by atoms with Crippen LogP contribution in [0.4, 0.5) is 18.3 Å². The molecule has 114 valence electrons. The maximum Gasteiger partial charge on any atom is 0.573 e. The Bertz CT molecular complexity index is 642. The van der Waals surface area contributed by atoms with Crippen LogP contribution in [0.1, 0.15) is 13.3 Å². The first-order chi connectivity index (χ1) is 9.87. The highest BCUT2D eigenvalue weighted by Crippen LogP contribution is 2.31. The highest BCUT2D eigenvalue weighted by molar-refractivity contribution is 7.80. The summed E-state index contributed by atoms with van der Waals surface area (Å²) < 4.78 is 40.9. The monoisotopic (exact) mass is 335 g/mol. The van der Waals surface area contributed by atoms with E-state index >= 15 is 0 Å². The molecule has 1 aromatic heterocycles. The first kappa shape index (κ1) is 15.8. The highest BCUT2D eigenvalue weighted by atomic mass is 32.1. The summed E-state index contributed by atoms with van der Waals surface area (Å²) >= 11 is 6.28. The fourth-order valence-corrected chi connectivity index (χ4v) is 2.70. The predicted octanol–water partition coefficient (Wildman–Crippen LogP) is 3.89. The number of ether oxygens (including phenoxy) is 1. The molecule has 1 heterocycles. The first-order valence-electron chi connectivity index (χ1n) is 6.08. The van der Waals surface area contributed by atoms with E-state index in [1.54, 1.807) is 0 Å². The first-order valence-corrected chi connectivity index (χ1v) is 7.31. The standard InChI is InChI=1S/C12H12F3N3OS2/c1-2-5-16-10(20)18-11-17-8-4-3-7(6-9(8)21-11)19-12(13,14)15/h3-4,6H,2,5H2,1H3,(H2,16,17,18,20). The van der Waals surface area contributed by atoms with Crippen LogP contribution in [-0.4, -0.2) is 23.0 Å². The molecule has 2 N–H and O–H groups in total. The Morgan fingerprint density at radius 3 is 2.86 bits per heavy atom. The van der Waals surface area contributed by atoms with Crippen molar-refractivity contribution in [2.75, 3.05) is 11.9 Å². The summed E-state index contributed by atoms with van der Waals surface area (Å²) in [5.74, 6) is -0.267. The third-order valence-corrected chi connectivity index (χ3v) is 3.53. The van der Waals surface area contributed by atoms with Crippen LogP contribution in [0.5, 0.6) is 5.75 Å². The largest absolute Gasteiger partial charge is 0.573 e. The van der Waals surface area contributed by atoms with Gasteiger partial charge in [-0.05, 0) is 30.8 Å². The number of anilines is 1. The minimum atomic E-state index is -4.70. The van der Waals surface area contributed by atoms with Gasteiger partial charge in [0.25, 0.3) is 0 Å². The molecule has 21 heavy (non-hydrogen) atoms. The van der Waals surface area contributed by atoms with E-state index in [0.717, 1.165) is 13.0 Å². The molecular formula is C12H12F3N3OS2. The third kappa shape index (κ3) is 4.71. The lowest BCUT2D eigenvalue weighted by atomic mass is 10.3. The molecule has 4 nitrogen and oxygen atoms in total. The molecule has 0 amide bonds. The number of benzene rings is 1. The molecule has 0 fully saturated rings. The molecule has 1 aromatic carbocycles. The number of halogens is 3. The van der Waals surface area contributed by atoms with Gasteiger partial charge in [-0.2, -0.15) is 0 Å². The summed E-state index contributed by atoms with van der Waals surface area (Å²) in [7, 11) is 0. The zero-order valence-electron chi connectivity index (χ0n) is 11.0. The lowest BCUT2D eigenvalue weighted by Crippen LogP contribution is -2.28. The quantitative estimate of drug-likeness (QED) is 0.830. The Balaban J connectivity index is 2.12. The van der Waals surface area contributed by atoms with Crippen molar-refractivity contribution >= 4 is 44.0 Å². The van der Waals surface area contributed by atoms with E-state index in [9.17, 15) is 13.2 Å². The molecular weight excluding hydrogens is 323 g/mol. The number of nitrogens with zero attached hydrogens (tertiary/aromatic N) is 1. The van der Waals surface area contributed by atoms with Crippen LogP contribution in [0, 0.1) is 0 Å². The fraction of sp³-hybridized carbons (Fsp3) is 0.333. The van der Waals surface area contributed by atoms with Gasteiger partial charge in [0.2, 0.25) is 0 Å². The van der Waals surface area contributed by atoms with Gasteiger partial charge in [0.05, 0.1) is 10.2 Å². The number of hydrogen-bond acceptors (Lipinski definition) is 4. The maximum atomic E-state index is 12.2. The zero-order chi connectivity index (χ0) is 15.5. The number of aromatic nitrogens is 1. The Hall–Kier alpha value is -1.61. The van der Waals surface area contributed by atoms with Gasteiger partial charge in [0, 0.05) is 12.6 Å². The molecule has 0 saturated carbocycles. The van der Waals surface area contributed by atoms with Gasteiger partial charge in [0.15, 0.2) is 10.2 Å². The van der Waals surface area contributed by atoms with Crippen molar-refractivity contribution in [2.24, 2.45) is 0 Å². The van der Waals surface area contributed by atoms with Crippen LogP contribution >= 0.6 is 23.6 Å². The third-order valence-electron chi connectivity index (χ3n) is 2.35. The van der Waals surface area contributed by atoms with Gasteiger partial charge < -0.3 is 15.4 Å². The van der Waals surface area contributed by atoms with E-state index in [-0.39, 0.29) is 5.75 Å². The van der Waals surface area contributed by atoms with E-state index in [2.05, 4.69) is 20.4 Å². The zero-order valence-corrected chi connectivity index (χ0v) is 12.6. The van der Waals surface area contributed by atoms with Crippen molar-refractivity contribution in [1.29, 1.82) is 0 Å². The number of rotatable bonds is 4. The summed E-state index contributed by atoms with van der Waals surface area (Å²) in [6, 6.07) is 4.00. The van der Waals surface area contributed by atoms with Gasteiger partial charge >= 0.3 is 6.36 Å². The molecule has 0 bridgehead atoms. The normalized spacial score (nSPS) is 11.4. The van der Waals surface area contributed by atoms with Crippen molar-refractivity contribution < 1.29 is 17.9 Å². The van der Waals surface area contributed by atoms with Gasteiger partial charge in [-0.1, -0.05) is 18.3 Å². The Morgan fingerprint density at radius 1 is 1.43 bits per heavy atom. The average Bonchev–Trinajstić information content (AvgIpc) is 2.75. The fourth-order valence-electron chi connectivity index (χ4n) is 1.54. The molecule has 0 unspecified atom stereocenters. The van der Waals surface area contributed by atoms with Crippen molar-refractivity contribution in [3.8, 4) is 5.75 Å². The van der Waals surface area contributed by atoms with E-state index in [1.165, 1.54) is 29.5 Å². The molecule has 9 heteroatoms. The molecule has 2 aromatic rings. The maximum absolute atomic E-state index is 12.2. The topological polar surface area (TPSA) is 46.2 Å². The van der Waals surface area contributed by atoms with Crippen LogP contribution in [0.3, 0.4) is 0 Å². The molecule has 0 atom stereocenters. The van der Waals surface area contributed by atoms with Crippen molar-refractivity contribution in [3.05, 3.63) is 18.2 Å². The number of thiocarbonyl (C=S) groups is 1. The van der Waals surface area contributed by atoms with Crippen molar-refractivity contribution in [1.82, 2.24) is 10.3 Å². The summed E-state index contributed by atoms with van der Waals surface area (Å²) in [5, 5.41) is 6.83. The van der Waals surface area contributed by atoms with Crippen molar-refractivity contribution in [3.63, 3.8) is 0 Å². The summed E-state index contributed by atoms with van der Waals surface area (Å²) in [4.78, 5) is 4.24. The van der Waals surface area contributed by atoms with Gasteiger partial charge in [-0.15, -0.1) is 13.2 Å². The molecule has 0 aliphatic heterocycles. The lowest BCUT2D eigenvalue weighted by Gasteiger charge is -2.07. The molecule has 0 saturated heterocycles. The van der Waals surface area contributed by atoms with Crippen LogP contribution in [0.2, 0.25) is 0 Å². The number of fused-ring (bicyclic) bond motifs is 1. The van der Waals surface area contributed by atoms with E-state index in [4.69, 9.17) is 12.2 Å². The predicted molar refractivity (Wildman–Crippen MR) is 80.8 cm³/mol. The number of hydrogen-bond donors (Lipinski definition) is 2.